The third-order valence-electron chi connectivity index (χ3n) is 2.03. The molecule has 4 nitrogen and oxygen atoms in total. The number of carbonyl (C=O) groups excluding carboxylic acids is 1. The molecule has 5 heteroatoms. The lowest BCUT2D eigenvalue weighted by atomic mass is 10.3. The minimum Gasteiger partial charge on any atom is -0.456 e. The summed E-state index contributed by atoms with van der Waals surface area (Å²) in [6, 6.07) is 8.57. The highest BCUT2D eigenvalue weighted by Gasteiger charge is 2.02. The molecular formula is C12H9ClN2O2. The van der Waals surface area contributed by atoms with Crippen LogP contribution >= 0.6 is 11.6 Å². The maximum absolute atomic E-state index is 10.3. The number of halogens is 1. The fourth-order valence-electron chi connectivity index (χ4n) is 1.28. The number of hydrogen-bond donors (Lipinski definition) is 1. The molecule has 0 radical (unpaired) electrons. The second kappa shape index (κ2) is 5.32. The van der Waals surface area contributed by atoms with Gasteiger partial charge in [-0.3, -0.25) is 9.78 Å². The van der Waals surface area contributed by atoms with Crippen LogP contribution in [0.25, 0.3) is 0 Å². The average Bonchev–Trinajstić information content (AvgIpc) is 2.34. The van der Waals surface area contributed by atoms with Crippen molar-refractivity contribution in [1.82, 2.24) is 4.98 Å². The van der Waals surface area contributed by atoms with Gasteiger partial charge >= 0.3 is 0 Å². The number of hydrogen-bond acceptors (Lipinski definition) is 3. The van der Waals surface area contributed by atoms with Crippen molar-refractivity contribution in [3.63, 3.8) is 0 Å². The number of ether oxygens (including phenoxy) is 1. The van der Waals surface area contributed by atoms with E-state index in [0.717, 1.165) is 0 Å². The first-order valence-electron chi connectivity index (χ1n) is 4.87. The van der Waals surface area contributed by atoms with Gasteiger partial charge in [0.05, 0.1) is 16.9 Å². The summed E-state index contributed by atoms with van der Waals surface area (Å²) in [7, 11) is 0. The highest BCUT2D eigenvalue weighted by Crippen LogP contribution is 2.29. The smallest absolute Gasteiger partial charge is 0.211 e. The number of nitrogens with zero attached hydrogens (tertiary/aromatic N) is 1. The van der Waals surface area contributed by atoms with E-state index in [1.165, 1.54) is 0 Å². The zero-order valence-corrected chi connectivity index (χ0v) is 9.52. The molecule has 86 valence electrons. The molecule has 0 fully saturated rings. The van der Waals surface area contributed by atoms with Gasteiger partial charge in [0.25, 0.3) is 0 Å². The molecule has 1 aromatic carbocycles. The Labute approximate surface area is 103 Å². The predicted octanol–water partition coefficient (Wildman–Crippen LogP) is 3.10. The molecule has 0 aliphatic rings. The number of benzene rings is 1. The molecule has 1 N–H and O–H groups in total. The normalized spacial score (nSPS) is 9.71. The second-order valence-corrected chi connectivity index (χ2v) is 3.60. The fraction of sp³-hybridized carbons (Fsp3) is 0. The van der Waals surface area contributed by atoms with Crippen molar-refractivity contribution in [2.75, 3.05) is 5.32 Å². The number of anilines is 1. The molecule has 0 saturated carbocycles. The number of aromatic nitrogens is 1. The molecule has 1 aromatic heterocycles. The first-order valence-corrected chi connectivity index (χ1v) is 5.25. The fourth-order valence-corrected chi connectivity index (χ4v) is 1.51. The van der Waals surface area contributed by atoms with Crippen molar-refractivity contribution in [3.05, 3.63) is 47.7 Å². The van der Waals surface area contributed by atoms with Crippen LogP contribution in [0.1, 0.15) is 0 Å². The Balaban J connectivity index is 2.18. The SMILES string of the molecule is O=CNc1ccc(Oc2cccnc2)cc1Cl. The van der Waals surface area contributed by atoms with Crippen LogP contribution in [0, 0.1) is 0 Å². The van der Waals surface area contributed by atoms with Crippen LogP contribution in [0.5, 0.6) is 11.5 Å². The van der Waals surface area contributed by atoms with Gasteiger partial charge in [0, 0.05) is 12.3 Å². The van der Waals surface area contributed by atoms with Crippen molar-refractivity contribution in [2.24, 2.45) is 0 Å². The van der Waals surface area contributed by atoms with E-state index in [2.05, 4.69) is 10.3 Å². The number of nitrogens with one attached hydrogen (secondary N) is 1. The van der Waals surface area contributed by atoms with Crippen molar-refractivity contribution in [1.29, 1.82) is 0 Å². The van der Waals surface area contributed by atoms with E-state index in [1.54, 1.807) is 42.7 Å². The van der Waals surface area contributed by atoms with Gasteiger partial charge in [-0.25, -0.2) is 0 Å². The Morgan fingerprint density at radius 3 is 2.82 bits per heavy atom. The average molecular weight is 249 g/mol. The highest BCUT2D eigenvalue weighted by molar-refractivity contribution is 6.33. The van der Waals surface area contributed by atoms with Gasteiger partial charge in [-0.05, 0) is 24.3 Å². The van der Waals surface area contributed by atoms with Crippen molar-refractivity contribution < 1.29 is 9.53 Å². The van der Waals surface area contributed by atoms with Crippen molar-refractivity contribution in [2.45, 2.75) is 0 Å². The van der Waals surface area contributed by atoms with Crippen LogP contribution < -0.4 is 10.1 Å². The third kappa shape index (κ3) is 2.95. The molecule has 17 heavy (non-hydrogen) atoms. The predicted molar refractivity (Wildman–Crippen MR) is 65.4 cm³/mol. The molecule has 0 unspecified atom stereocenters. The maximum atomic E-state index is 10.3. The summed E-state index contributed by atoms with van der Waals surface area (Å²) in [5.41, 5.74) is 0.542. The molecule has 1 heterocycles. The maximum Gasteiger partial charge on any atom is 0.211 e. The van der Waals surface area contributed by atoms with Crippen molar-refractivity contribution in [3.8, 4) is 11.5 Å². The van der Waals surface area contributed by atoms with Crippen LogP contribution in [0.4, 0.5) is 5.69 Å². The molecule has 0 spiro atoms. The number of amides is 1. The van der Waals surface area contributed by atoms with E-state index in [9.17, 15) is 4.79 Å². The van der Waals surface area contributed by atoms with Crippen LogP contribution in [0.3, 0.4) is 0 Å². The summed E-state index contributed by atoms with van der Waals surface area (Å²) in [5.74, 6) is 1.21. The standard InChI is InChI=1S/C12H9ClN2O2/c13-11-6-9(3-4-12(11)15-8-16)17-10-2-1-5-14-7-10/h1-8H,(H,15,16). The van der Waals surface area contributed by atoms with Crippen LogP contribution in [-0.2, 0) is 4.79 Å². The van der Waals surface area contributed by atoms with Crippen LogP contribution in [0.15, 0.2) is 42.7 Å². The van der Waals surface area contributed by atoms with E-state index in [0.29, 0.717) is 28.6 Å². The quantitative estimate of drug-likeness (QED) is 0.846. The van der Waals surface area contributed by atoms with Gasteiger partial charge < -0.3 is 10.1 Å². The largest absolute Gasteiger partial charge is 0.456 e. The van der Waals surface area contributed by atoms with Crippen molar-refractivity contribution >= 4 is 23.7 Å². The van der Waals surface area contributed by atoms with Gasteiger partial charge in [0.2, 0.25) is 6.41 Å². The molecule has 1 amide bonds. The van der Waals surface area contributed by atoms with E-state index in [1.807, 2.05) is 0 Å². The number of rotatable bonds is 4. The Kier molecular flexibility index (Phi) is 3.57. The molecule has 2 rings (SSSR count). The van der Waals surface area contributed by atoms with E-state index >= 15 is 0 Å². The first kappa shape index (κ1) is 11.4. The summed E-state index contributed by atoms with van der Waals surface area (Å²) in [6.45, 7) is 0. The van der Waals surface area contributed by atoms with E-state index in [4.69, 9.17) is 16.3 Å². The zero-order valence-electron chi connectivity index (χ0n) is 8.76. The van der Waals surface area contributed by atoms with Crippen LogP contribution in [0.2, 0.25) is 5.02 Å². The van der Waals surface area contributed by atoms with Gasteiger partial charge in [-0.2, -0.15) is 0 Å². The minimum atomic E-state index is 0.415. The number of carbonyl (C=O) groups is 1. The van der Waals surface area contributed by atoms with E-state index < -0.39 is 0 Å². The Bertz CT molecular complexity index is 517. The first-order chi connectivity index (χ1) is 8.29. The summed E-state index contributed by atoms with van der Waals surface area (Å²) in [5, 5.41) is 2.90. The molecule has 0 bridgehead atoms. The molecule has 0 aliphatic heterocycles. The van der Waals surface area contributed by atoms with E-state index in [-0.39, 0.29) is 0 Å². The Morgan fingerprint density at radius 2 is 2.18 bits per heavy atom. The van der Waals surface area contributed by atoms with Gasteiger partial charge in [0.15, 0.2) is 0 Å². The summed E-state index contributed by atoms with van der Waals surface area (Å²) in [4.78, 5) is 14.2. The lowest BCUT2D eigenvalue weighted by molar-refractivity contribution is -0.105. The molecule has 0 saturated heterocycles. The minimum absolute atomic E-state index is 0.415. The van der Waals surface area contributed by atoms with Gasteiger partial charge in [0.1, 0.15) is 11.5 Å². The summed E-state index contributed by atoms with van der Waals surface area (Å²) >= 11 is 5.96. The van der Waals surface area contributed by atoms with Gasteiger partial charge in [-0.1, -0.05) is 11.6 Å². The second-order valence-electron chi connectivity index (χ2n) is 3.19. The summed E-state index contributed by atoms with van der Waals surface area (Å²) < 4.78 is 5.53. The monoisotopic (exact) mass is 248 g/mol. The van der Waals surface area contributed by atoms with Gasteiger partial charge in [-0.15, -0.1) is 0 Å². The third-order valence-corrected chi connectivity index (χ3v) is 2.34. The highest BCUT2D eigenvalue weighted by atomic mass is 35.5. The summed E-state index contributed by atoms with van der Waals surface area (Å²) in [6.07, 6.45) is 3.84. The molecule has 0 atom stereocenters. The number of pyridine rings is 1. The molecule has 0 aliphatic carbocycles. The topological polar surface area (TPSA) is 51.2 Å². The Hall–Kier alpha value is -2.07. The Morgan fingerprint density at radius 1 is 1.29 bits per heavy atom. The molecular weight excluding hydrogens is 240 g/mol. The lowest BCUT2D eigenvalue weighted by Crippen LogP contribution is -1.94. The lowest BCUT2D eigenvalue weighted by Gasteiger charge is -2.07. The van der Waals surface area contributed by atoms with Crippen LogP contribution in [-0.4, -0.2) is 11.4 Å². The zero-order chi connectivity index (χ0) is 12.1. The molecule has 2 aromatic rings.